The van der Waals surface area contributed by atoms with E-state index < -0.39 is 0 Å². The Morgan fingerprint density at radius 2 is 1.90 bits per heavy atom. The van der Waals surface area contributed by atoms with E-state index in [9.17, 15) is 4.79 Å². The van der Waals surface area contributed by atoms with E-state index in [-0.39, 0.29) is 5.91 Å². The summed E-state index contributed by atoms with van der Waals surface area (Å²) in [6.07, 6.45) is 2.52. The molecular formula is C16H20N4O. The highest BCUT2D eigenvalue weighted by atomic mass is 16.1. The van der Waals surface area contributed by atoms with Gasteiger partial charge < -0.3 is 16.4 Å². The summed E-state index contributed by atoms with van der Waals surface area (Å²) in [4.78, 5) is 15.6. The van der Waals surface area contributed by atoms with Gasteiger partial charge in [-0.1, -0.05) is 24.3 Å². The molecule has 0 fully saturated rings. The number of aromatic nitrogens is 1. The molecule has 1 amide bonds. The third kappa shape index (κ3) is 4.29. The fourth-order valence-electron chi connectivity index (χ4n) is 1.99. The molecule has 0 spiro atoms. The van der Waals surface area contributed by atoms with Gasteiger partial charge >= 0.3 is 0 Å². The molecule has 0 unspecified atom stereocenters. The highest BCUT2D eigenvalue weighted by Gasteiger charge is 2.05. The highest BCUT2D eigenvalue weighted by molar-refractivity contribution is 5.92. The van der Waals surface area contributed by atoms with Crippen LogP contribution in [0, 0.1) is 0 Å². The Labute approximate surface area is 124 Å². The van der Waals surface area contributed by atoms with Gasteiger partial charge in [-0.15, -0.1) is 0 Å². The molecule has 110 valence electrons. The summed E-state index contributed by atoms with van der Waals surface area (Å²) in [6.45, 7) is 1.36. The fourth-order valence-corrected chi connectivity index (χ4v) is 1.99. The second-order valence-corrected chi connectivity index (χ2v) is 4.72. The standard InChI is InChI=1S/C16H20N4O/c1-18-16(21)15-10-14(7-9-19-15)20-11-13-4-2-12(3-5-13)6-8-17/h2-5,7,9-10H,6,8,11,17H2,1H3,(H,18,21)(H,19,20). The Bertz CT molecular complexity index is 595. The van der Waals surface area contributed by atoms with Gasteiger partial charge in [0.15, 0.2) is 0 Å². The van der Waals surface area contributed by atoms with Crippen molar-refractivity contribution < 1.29 is 4.79 Å². The van der Waals surface area contributed by atoms with Crippen molar-refractivity contribution in [1.82, 2.24) is 10.3 Å². The lowest BCUT2D eigenvalue weighted by molar-refractivity contribution is 0.0958. The van der Waals surface area contributed by atoms with Gasteiger partial charge in [-0.2, -0.15) is 0 Å². The van der Waals surface area contributed by atoms with Gasteiger partial charge in [-0.3, -0.25) is 9.78 Å². The van der Waals surface area contributed by atoms with E-state index in [4.69, 9.17) is 5.73 Å². The number of nitrogens with zero attached hydrogens (tertiary/aromatic N) is 1. The Morgan fingerprint density at radius 3 is 2.57 bits per heavy atom. The van der Waals surface area contributed by atoms with Crippen LogP contribution < -0.4 is 16.4 Å². The third-order valence-corrected chi connectivity index (χ3v) is 3.17. The van der Waals surface area contributed by atoms with E-state index in [2.05, 4.69) is 39.9 Å². The lowest BCUT2D eigenvalue weighted by Crippen LogP contribution is -2.19. The SMILES string of the molecule is CNC(=O)c1cc(NCc2ccc(CCN)cc2)ccn1. The quantitative estimate of drug-likeness (QED) is 0.752. The van der Waals surface area contributed by atoms with Gasteiger partial charge in [-0.05, 0) is 36.2 Å². The maximum absolute atomic E-state index is 11.5. The fraction of sp³-hybridized carbons (Fsp3) is 0.250. The van der Waals surface area contributed by atoms with Crippen LogP contribution in [0.3, 0.4) is 0 Å². The number of rotatable bonds is 6. The average Bonchev–Trinajstić information content (AvgIpc) is 2.54. The molecule has 0 radical (unpaired) electrons. The molecule has 1 aromatic heterocycles. The van der Waals surface area contributed by atoms with Crippen molar-refractivity contribution in [2.24, 2.45) is 5.73 Å². The van der Waals surface area contributed by atoms with Gasteiger partial charge in [0.1, 0.15) is 5.69 Å². The number of amides is 1. The minimum absolute atomic E-state index is 0.190. The van der Waals surface area contributed by atoms with E-state index in [0.717, 1.165) is 12.1 Å². The number of carbonyl (C=O) groups excluding carboxylic acids is 1. The van der Waals surface area contributed by atoms with Gasteiger partial charge in [-0.25, -0.2) is 0 Å². The number of nitrogens with one attached hydrogen (secondary N) is 2. The number of nitrogens with two attached hydrogens (primary N) is 1. The number of hydrogen-bond acceptors (Lipinski definition) is 4. The average molecular weight is 284 g/mol. The van der Waals surface area contributed by atoms with Gasteiger partial charge in [0, 0.05) is 25.5 Å². The predicted molar refractivity (Wildman–Crippen MR) is 84.2 cm³/mol. The molecule has 4 N–H and O–H groups in total. The molecule has 5 heteroatoms. The van der Waals surface area contributed by atoms with Crippen molar-refractivity contribution in [3.05, 3.63) is 59.4 Å². The predicted octanol–water partition coefficient (Wildman–Crippen LogP) is 1.55. The van der Waals surface area contributed by atoms with Crippen molar-refractivity contribution in [1.29, 1.82) is 0 Å². The normalized spacial score (nSPS) is 10.2. The summed E-state index contributed by atoms with van der Waals surface area (Å²) in [5.74, 6) is -0.190. The first-order chi connectivity index (χ1) is 10.2. The molecule has 21 heavy (non-hydrogen) atoms. The van der Waals surface area contributed by atoms with Crippen LogP contribution in [0.2, 0.25) is 0 Å². The second-order valence-electron chi connectivity index (χ2n) is 4.72. The molecular weight excluding hydrogens is 264 g/mol. The monoisotopic (exact) mass is 284 g/mol. The van der Waals surface area contributed by atoms with Crippen LogP contribution in [0.15, 0.2) is 42.6 Å². The number of carbonyl (C=O) groups is 1. The number of anilines is 1. The van der Waals surface area contributed by atoms with E-state index in [1.54, 1.807) is 19.3 Å². The molecule has 2 rings (SSSR count). The van der Waals surface area contributed by atoms with Crippen molar-refractivity contribution in [2.45, 2.75) is 13.0 Å². The van der Waals surface area contributed by atoms with Crippen LogP contribution in [0.4, 0.5) is 5.69 Å². The zero-order valence-electron chi connectivity index (χ0n) is 12.1. The molecule has 0 atom stereocenters. The molecule has 1 aromatic carbocycles. The Balaban J connectivity index is 1.97. The van der Waals surface area contributed by atoms with Crippen LogP contribution in [-0.4, -0.2) is 24.5 Å². The topological polar surface area (TPSA) is 80.0 Å². The third-order valence-electron chi connectivity index (χ3n) is 3.17. The lowest BCUT2D eigenvalue weighted by Gasteiger charge is -2.08. The lowest BCUT2D eigenvalue weighted by atomic mass is 10.1. The van der Waals surface area contributed by atoms with Crippen LogP contribution in [0.5, 0.6) is 0 Å². The van der Waals surface area contributed by atoms with Crippen molar-refractivity contribution in [2.75, 3.05) is 18.9 Å². The minimum Gasteiger partial charge on any atom is -0.381 e. The summed E-state index contributed by atoms with van der Waals surface area (Å²) >= 11 is 0. The molecule has 0 aliphatic heterocycles. The van der Waals surface area contributed by atoms with Gasteiger partial charge in [0.2, 0.25) is 0 Å². The number of pyridine rings is 1. The molecule has 0 bridgehead atoms. The van der Waals surface area contributed by atoms with Crippen LogP contribution in [0.25, 0.3) is 0 Å². The second kappa shape index (κ2) is 7.40. The Morgan fingerprint density at radius 1 is 1.19 bits per heavy atom. The van der Waals surface area contributed by atoms with Crippen molar-refractivity contribution in [3.8, 4) is 0 Å². The van der Waals surface area contributed by atoms with E-state index in [1.807, 2.05) is 6.07 Å². The summed E-state index contributed by atoms with van der Waals surface area (Å²) in [6, 6.07) is 11.9. The summed E-state index contributed by atoms with van der Waals surface area (Å²) in [5, 5.41) is 5.85. The van der Waals surface area contributed by atoms with Crippen LogP contribution in [0.1, 0.15) is 21.6 Å². The Hall–Kier alpha value is -2.40. The smallest absolute Gasteiger partial charge is 0.269 e. The van der Waals surface area contributed by atoms with Crippen molar-refractivity contribution >= 4 is 11.6 Å². The molecule has 5 nitrogen and oxygen atoms in total. The van der Waals surface area contributed by atoms with Crippen LogP contribution >= 0.6 is 0 Å². The van der Waals surface area contributed by atoms with Crippen LogP contribution in [-0.2, 0) is 13.0 Å². The highest BCUT2D eigenvalue weighted by Crippen LogP contribution is 2.11. The first-order valence-corrected chi connectivity index (χ1v) is 6.93. The largest absolute Gasteiger partial charge is 0.381 e. The minimum atomic E-state index is -0.190. The van der Waals surface area contributed by atoms with E-state index >= 15 is 0 Å². The van der Waals surface area contributed by atoms with Crippen molar-refractivity contribution in [3.63, 3.8) is 0 Å². The summed E-state index contributed by atoms with van der Waals surface area (Å²) in [5.41, 5.74) is 9.22. The molecule has 0 saturated heterocycles. The molecule has 1 heterocycles. The van der Waals surface area contributed by atoms with E-state index in [1.165, 1.54) is 11.1 Å². The first kappa shape index (κ1) is 15.0. The van der Waals surface area contributed by atoms with Gasteiger partial charge in [0.05, 0.1) is 0 Å². The summed E-state index contributed by atoms with van der Waals surface area (Å²) in [7, 11) is 1.59. The molecule has 2 aromatic rings. The number of benzene rings is 1. The molecule has 0 saturated carbocycles. The first-order valence-electron chi connectivity index (χ1n) is 6.93. The zero-order chi connectivity index (χ0) is 15.1. The zero-order valence-corrected chi connectivity index (χ0v) is 12.1. The maximum atomic E-state index is 11.5. The number of hydrogen-bond donors (Lipinski definition) is 3. The molecule has 0 aliphatic carbocycles. The maximum Gasteiger partial charge on any atom is 0.269 e. The molecule has 0 aliphatic rings. The van der Waals surface area contributed by atoms with E-state index in [0.29, 0.717) is 18.8 Å². The Kier molecular flexibility index (Phi) is 5.29. The van der Waals surface area contributed by atoms with Gasteiger partial charge in [0.25, 0.3) is 5.91 Å². The summed E-state index contributed by atoms with van der Waals surface area (Å²) < 4.78 is 0.